The van der Waals surface area contributed by atoms with Crippen molar-refractivity contribution in [2.75, 3.05) is 0 Å². The van der Waals surface area contributed by atoms with Crippen LogP contribution in [-0.2, 0) is 0 Å². The molecule has 22 heavy (non-hydrogen) atoms. The van der Waals surface area contributed by atoms with Gasteiger partial charge in [0.15, 0.2) is 0 Å². The third-order valence-corrected chi connectivity index (χ3v) is 4.59. The Morgan fingerprint density at radius 2 is 0.955 bits per heavy atom. The van der Waals surface area contributed by atoms with E-state index in [1.807, 2.05) is 49.3 Å². The predicted octanol–water partition coefficient (Wildman–Crippen LogP) is 8.93. The van der Waals surface area contributed by atoms with Crippen LogP contribution >= 0.6 is 58.8 Å². The summed E-state index contributed by atoms with van der Waals surface area (Å²) in [6.45, 7) is 12.3. The van der Waals surface area contributed by atoms with Crippen LogP contribution in [0.2, 0.25) is 0 Å². The fourth-order valence-corrected chi connectivity index (χ4v) is 3.56. The smallest absolute Gasteiger partial charge is 0.0188 e. The molecule has 2 aromatic carbocycles. The predicted molar refractivity (Wildman–Crippen MR) is 125 cm³/mol. The van der Waals surface area contributed by atoms with Crippen molar-refractivity contribution in [2.24, 2.45) is 0 Å². The zero-order valence-corrected chi connectivity index (χ0v) is 20.1. The standard InChI is InChI=1S/C14H14S2.2C2H6.I2/c1-11-5-3-7-13(9-11)15-16-14-8-4-6-12(2)10-14;3*1-2/h3-10H,1-2H3;2*1-2H3;. The van der Waals surface area contributed by atoms with Gasteiger partial charge in [-0.15, -0.1) is 0 Å². The second-order valence-electron chi connectivity index (χ2n) is 3.80. The van der Waals surface area contributed by atoms with Crippen molar-refractivity contribution in [3.05, 3.63) is 59.7 Å². The summed E-state index contributed by atoms with van der Waals surface area (Å²) in [5, 5.41) is 0. The lowest BCUT2D eigenvalue weighted by Crippen LogP contribution is -1.74. The van der Waals surface area contributed by atoms with Crippen molar-refractivity contribution in [3.8, 4) is 0 Å². The SMILES string of the molecule is CC.CC.Cc1cccc(SSc2cccc(C)c2)c1.II. The monoisotopic (exact) mass is 560 g/mol. The molecule has 0 fully saturated rings. The van der Waals surface area contributed by atoms with Crippen LogP contribution in [0.25, 0.3) is 0 Å². The molecule has 0 bridgehead atoms. The first-order valence-electron chi connectivity index (χ1n) is 7.36. The van der Waals surface area contributed by atoms with Crippen molar-refractivity contribution >= 4 is 58.8 Å². The second-order valence-corrected chi connectivity index (χ2v) is 6.08. The van der Waals surface area contributed by atoms with Gasteiger partial charge in [-0.3, -0.25) is 0 Å². The number of halogens is 2. The molecule has 0 radical (unpaired) electrons. The molecule has 0 aromatic heterocycles. The number of benzene rings is 2. The zero-order valence-electron chi connectivity index (χ0n) is 14.2. The molecule has 0 atom stereocenters. The maximum Gasteiger partial charge on any atom is 0.0188 e. The highest BCUT2D eigenvalue weighted by atomic mass is 128. The van der Waals surface area contributed by atoms with Crippen LogP contribution in [-0.4, -0.2) is 0 Å². The topological polar surface area (TPSA) is 0 Å². The van der Waals surface area contributed by atoms with E-state index in [4.69, 9.17) is 0 Å². The normalized spacial score (nSPS) is 8.36. The van der Waals surface area contributed by atoms with E-state index < -0.39 is 0 Å². The van der Waals surface area contributed by atoms with E-state index >= 15 is 0 Å². The van der Waals surface area contributed by atoms with Gasteiger partial charge in [-0.05, 0) is 49.2 Å². The molecule has 124 valence electrons. The van der Waals surface area contributed by atoms with Gasteiger partial charge in [0.25, 0.3) is 0 Å². The van der Waals surface area contributed by atoms with Gasteiger partial charge < -0.3 is 0 Å². The van der Waals surface area contributed by atoms with Crippen LogP contribution in [0.5, 0.6) is 0 Å². The average Bonchev–Trinajstić information content (AvgIpc) is 2.59. The lowest BCUT2D eigenvalue weighted by atomic mass is 10.2. The van der Waals surface area contributed by atoms with Crippen molar-refractivity contribution in [1.82, 2.24) is 0 Å². The summed E-state index contributed by atoms with van der Waals surface area (Å²) >= 11 is 4.24. The highest BCUT2D eigenvalue weighted by Crippen LogP contribution is 2.37. The molecule has 0 aliphatic carbocycles. The molecule has 0 amide bonds. The molecule has 0 saturated heterocycles. The summed E-state index contributed by atoms with van der Waals surface area (Å²) in [5.41, 5.74) is 2.63. The Morgan fingerprint density at radius 3 is 1.23 bits per heavy atom. The van der Waals surface area contributed by atoms with Gasteiger partial charge in [0.1, 0.15) is 0 Å². The molecule has 0 N–H and O–H groups in total. The lowest BCUT2D eigenvalue weighted by molar-refractivity contribution is 1.36. The maximum absolute atomic E-state index is 2.22. The second kappa shape index (κ2) is 17.9. The molecule has 2 aromatic rings. The van der Waals surface area contributed by atoms with Crippen LogP contribution in [0, 0.1) is 13.8 Å². The quantitative estimate of drug-likeness (QED) is 0.272. The zero-order chi connectivity index (χ0) is 17.4. The van der Waals surface area contributed by atoms with Crippen LogP contribution in [0.1, 0.15) is 38.8 Å². The first-order chi connectivity index (χ1) is 10.7. The van der Waals surface area contributed by atoms with Crippen molar-refractivity contribution in [3.63, 3.8) is 0 Å². The molecule has 0 spiro atoms. The van der Waals surface area contributed by atoms with E-state index in [9.17, 15) is 0 Å². The highest BCUT2D eigenvalue weighted by Gasteiger charge is 1.97. The minimum atomic E-state index is 1.31. The molecule has 4 heteroatoms. The van der Waals surface area contributed by atoms with Gasteiger partial charge in [0.05, 0.1) is 0 Å². The summed E-state index contributed by atoms with van der Waals surface area (Å²) in [7, 11) is 3.63. The third kappa shape index (κ3) is 12.1. The fourth-order valence-electron chi connectivity index (χ4n) is 1.43. The Kier molecular flexibility index (Phi) is 20.3. The summed E-state index contributed by atoms with van der Waals surface area (Å²) in [6, 6.07) is 17.2. The van der Waals surface area contributed by atoms with E-state index in [1.165, 1.54) is 20.9 Å². The Hall–Kier alpha value is 0.600. The van der Waals surface area contributed by atoms with Gasteiger partial charge in [0, 0.05) is 47.0 Å². The fraction of sp³-hybridized carbons (Fsp3) is 0.333. The van der Waals surface area contributed by atoms with E-state index in [-0.39, 0.29) is 0 Å². The maximum atomic E-state index is 2.22. The lowest BCUT2D eigenvalue weighted by Gasteiger charge is -2.02. The average molecular weight is 560 g/mol. The van der Waals surface area contributed by atoms with Crippen LogP contribution in [0.4, 0.5) is 0 Å². The third-order valence-electron chi connectivity index (χ3n) is 2.21. The molecule has 0 aliphatic rings. The summed E-state index contributed by atoms with van der Waals surface area (Å²) in [5.74, 6) is 0. The Morgan fingerprint density at radius 1 is 0.636 bits per heavy atom. The van der Waals surface area contributed by atoms with Crippen molar-refractivity contribution in [2.45, 2.75) is 51.3 Å². The first kappa shape index (κ1) is 24.8. The first-order valence-corrected chi connectivity index (χ1v) is 15.8. The van der Waals surface area contributed by atoms with Gasteiger partial charge >= 0.3 is 0 Å². The van der Waals surface area contributed by atoms with Crippen LogP contribution in [0.15, 0.2) is 58.3 Å². The molecule has 0 heterocycles. The molecule has 0 saturated carbocycles. The largest absolute Gasteiger partial charge is 0.0683 e. The molecule has 0 unspecified atom stereocenters. The van der Waals surface area contributed by atoms with Crippen LogP contribution in [0.3, 0.4) is 0 Å². The molecule has 0 nitrogen and oxygen atoms in total. The number of hydrogen-bond donors (Lipinski definition) is 0. The Balaban J connectivity index is 0. The van der Waals surface area contributed by atoms with Gasteiger partial charge in [-0.1, -0.05) is 73.5 Å². The van der Waals surface area contributed by atoms with Crippen molar-refractivity contribution in [1.29, 1.82) is 0 Å². The molecular formula is C18H26I2S2. The summed E-state index contributed by atoms with van der Waals surface area (Å²) in [6.07, 6.45) is 0. The minimum absolute atomic E-state index is 1.31. The molecular weight excluding hydrogens is 534 g/mol. The van der Waals surface area contributed by atoms with Gasteiger partial charge in [-0.25, -0.2) is 0 Å². The minimum Gasteiger partial charge on any atom is -0.0683 e. The molecule has 0 aliphatic heterocycles. The van der Waals surface area contributed by atoms with Crippen LogP contribution < -0.4 is 0 Å². The molecule has 2 rings (SSSR count). The van der Waals surface area contributed by atoms with E-state index in [0.717, 1.165) is 0 Å². The number of aryl methyl sites for hydroxylation is 2. The van der Waals surface area contributed by atoms with E-state index in [0.29, 0.717) is 0 Å². The Labute approximate surface area is 168 Å². The number of rotatable bonds is 3. The summed E-state index contributed by atoms with van der Waals surface area (Å²) < 4.78 is 0. The van der Waals surface area contributed by atoms with E-state index in [1.54, 1.807) is 0 Å². The summed E-state index contributed by atoms with van der Waals surface area (Å²) in [4.78, 5) is 2.62. The highest BCUT2D eigenvalue weighted by molar-refractivity contribution is 15.0. The Bertz CT molecular complexity index is 443. The van der Waals surface area contributed by atoms with Gasteiger partial charge in [0.2, 0.25) is 0 Å². The number of hydrogen-bond acceptors (Lipinski definition) is 2. The van der Waals surface area contributed by atoms with E-state index in [2.05, 4.69) is 99.6 Å². The van der Waals surface area contributed by atoms with Crippen molar-refractivity contribution < 1.29 is 0 Å². The van der Waals surface area contributed by atoms with Gasteiger partial charge in [-0.2, -0.15) is 0 Å².